The third-order valence-electron chi connectivity index (χ3n) is 8.79. The molecule has 244 valence electrons. The van der Waals surface area contributed by atoms with Crippen molar-refractivity contribution in [2.45, 2.75) is 64.7 Å². The lowest BCUT2D eigenvalue weighted by Gasteiger charge is -2.29. The van der Waals surface area contributed by atoms with Crippen molar-refractivity contribution >= 4 is 30.4 Å². The van der Waals surface area contributed by atoms with Crippen molar-refractivity contribution in [1.82, 2.24) is 9.80 Å². The summed E-state index contributed by atoms with van der Waals surface area (Å²) in [6.45, 7) is 9.54. The highest BCUT2D eigenvalue weighted by Crippen LogP contribution is 2.27. The van der Waals surface area contributed by atoms with E-state index in [1.807, 2.05) is 59.2 Å². The van der Waals surface area contributed by atoms with E-state index in [9.17, 15) is 23.9 Å². The lowest BCUT2D eigenvalue weighted by Crippen LogP contribution is -2.37. The number of allylic oxidation sites excluding steroid dienone is 2. The van der Waals surface area contributed by atoms with E-state index < -0.39 is 18.1 Å². The average Bonchev–Trinajstić information content (AvgIpc) is 3.50. The third-order valence-corrected chi connectivity index (χ3v) is 8.79. The fourth-order valence-electron chi connectivity index (χ4n) is 5.81. The average molecular weight is 616 g/mol. The molecule has 10 heteroatoms. The number of hydrogen-bond donors (Lipinski definition) is 1. The molecule has 1 aromatic carbocycles. The molecule has 6 atom stereocenters. The second-order valence-corrected chi connectivity index (χ2v) is 12.4. The Kier molecular flexibility index (Phi) is 14.0. The number of carbonyl (C=O) groups is 3. The molecule has 44 heavy (non-hydrogen) atoms. The number of carbonyl (C=O) groups excluding carboxylic acids is 3. The van der Waals surface area contributed by atoms with Gasteiger partial charge in [-0.3, -0.25) is 0 Å². The van der Waals surface area contributed by atoms with Crippen molar-refractivity contribution in [3.05, 3.63) is 47.3 Å². The van der Waals surface area contributed by atoms with Gasteiger partial charge in [-0.2, -0.15) is 0 Å². The predicted octanol–water partition coefficient (Wildman–Crippen LogP) is 4.58. The van der Waals surface area contributed by atoms with Gasteiger partial charge in [-0.05, 0) is 82.0 Å². The van der Waals surface area contributed by atoms with Gasteiger partial charge >= 0.3 is 6.09 Å². The van der Waals surface area contributed by atoms with Crippen LogP contribution in [0.5, 0.6) is 0 Å². The molecule has 2 aliphatic heterocycles. The fraction of sp³-hybridized carbons (Fsp3) is 0.618. The number of morpholine rings is 1. The molecule has 9 nitrogen and oxygen atoms in total. The Bertz CT molecular complexity index is 1150. The maximum absolute atomic E-state index is 14.5. The molecule has 1 amide bonds. The summed E-state index contributed by atoms with van der Waals surface area (Å²) in [6, 6.07) is 5.18. The molecule has 1 N–H and O–H groups in total. The lowest BCUT2D eigenvalue weighted by molar-refractivity contribution is -0.111. The van der Waals surface area contributed by atoms with Crippen LogP contribution >= 0.6 is 0 Å². The van der Waals surface area contributed by atoms with Crippen LogP contribution in [0.15, 0.2) is 35.9 Å². The molecular formula is C34H50FN3O6. The number of aliphatic hydroxyl groups excluding tert-OH is 1. The molecule has 2 fully saturated rings. The summed E-state index contributed by atoms with van der Waals surface area (Å²) >= 11 is 0. The molecule has 0 spiro atoms. The number of amides is 1. The number of anilines is 1. The van der Waals surface area contributed by atoms with E-state index in [2.05, 4.69) is 9.80 Å². The van der Waals surface area contributed by atoms with Gasteiger partial charge in [0.1, 0.15) is 24.5 Å². The SMILES string of the molecule is C/C(=C\c1cc(F)cc(N2CCOCC2)c1)[C@@H](C=O)[C@@H](C)/C=C/[C@H](OC(=O)N1CC[C@H](N(C)C)C1)[C@@H](C)CC[C@@H](O)CC=O. The predicted molar refractivity (Wildman–Crippen MR) is 170 cm³/mol. The van der Waals surface area contributed by atoms with Crippen LogP contribution in [0.25, 0.3) is 6.08 Å². The standard InChI is InChI=1S/C34H50FN3O6/c1-24(32(23-40)26(3)18-27-19-28(35)21-30(20-27)37-13-16-43-17-14-37)7-9-33(25(2)6-8-31(41)11-15-39)44-34(42)38-12-10-29(22-38)36(4)5/h7,9,15,18-21,23-25,29,31-33,41H,6,8,10-14,16-17,22H2,1-5H3/b9-7+,26-18+/t24-,25-,29-,31+,32-,33-/m0/s1. The lowest BCUT2D eigenvalue weighted by atomic mass is 9.86. The Morgan fingerprint density at radius 1 is 1.14 bits per heavy atom. The molecule has 0 aliphatic carbocycles. The van der Waals surface area contributed by atoms with Crippen molar-refractivity contribution < 1.29 is 33.4 Å². The van der Waals surface area contributed by atoms with Gasteiger partial charge in [0.2, 0.25) is 0 Å². The normalized spacial score (nSPS) is 21.3. The first-order valence-electron chi connectivity index (χ1n) is 15.7. The van der Waals surface area contributed by atoms with Gasteiger partial charge in [-0.15, -0.1) is 0 Å². The van der Waals surface area contributed by atoms with Crippen LogP contribution in [0.4, 0.5) is 14.9 Å². The van der Waals surface area contributed by atoms with Crippen LogP contribution in [0.1, 0.15) is 52.0 Å². The first kappa shape index (κ1) is 35.4. The first-order valence-corrected chi connectivity index (χ1v) is 15.7. The van der Waals surface area contributed by atoms with Crippen LogP contribution in [-0.4, -0.2) is 105 Å². The Hall–Kier alpha value is -3.08. The molecule has 0 unspecified atom stereocenters. The molecular weight excluding hydrogens is 565 g/mol. The Labute approximate surface area is 261 Å². The van der Waals surface area contributed by atoms with E-state index in [1.165, 1.54) is 12.1 Å². The smallest absolute Gasteiger partial charge is 0.410 e. The zero-order valence-corrected chi connectivity index (χ0v) is 26.9. The van der Waals surface area contributed by atoms with Crippen molar-refractivity contribution in [1.29, 1.82) is 0 Å². The van der Waals surface area contributed by atoms with E-state index in [0.29, 0.717) is 64.1 Å². The van der Waals surface area contributed by atoms with Crippen LogP contribution in [0, 0.1) is 23.6 Å². The summed E-state index contributed by atoms with van der Waals surface area (Å²) < 4.78 is 26.0. The summed E-state index contributed by atoms with van der Waals surface area (Å²) in [5.41, 5.74) is 2.26. The third kappa shape index (κ3) is 10.5. The number of nitrogens with zero attached hydrogens (tertiary/aromatic N) is 3. The summed E-state index contributed by atoms with van der Waals surface area (Å²) in [4.78, 5) is 42.1. The summed E-state index contributed by atoms with van der Waals surface area (Å²) in [7, 11) is 3.99. The van der Waals surface area contributed by atoms with Gasteiger partial charge < -0.3 is 38.9 Å². The highest BCUT2D eigenvalue weighted by molar-refractivity contribution is 5.69. The Balaban J connectivity index is 1.75. The number of likely N-dealkylation sites (N-methyl/N-ethyl adjacent to an activating group) is 1. The molecule has 0 bridgehead atoms. The van der Waals surface area contributed by atoms with Gasteiger partial charge in [0, 0.05) is 50.2 Å². The van der Waals surface area contributed by atoms with Crippen LogP contribution in [0.3, 0.4) is 0 Å². The number of aldehydes is 2. The van der Waals surface area contributed by atoms with Crippen LogP contribution in [0.2, 0.25) is 0 Å². The number of aliphatic hydroxyl groups is 1. The molecule has 0 saturated carbocycles. The van der Waals surface area contributed by atoms with E-state index in [-0.39, 0.29) is 36.2 Å². The number of hydrogen-bond acceptors (Lipinski definition) is 8. The second-order valence-electron chi connectivity index (χ2n) is 12.4. The maximum Gasteiger partial charge on any atom is 0.410 e. The van der Waals surface area contributed by atoms with Gasteiger partial charge in [0.05, 0.1) is 19.3 Å². The van der Waals surface area contributed by atoms with Crippen molar-refractivity contribution in [3.63, 3.8) is 0 Å². The van der Waals surface area contributed by atoms with Crippen molar-refractivity contribution in [2.75, 3.05) is 58.4 Å². The van der Waals surface area contributed by atoms with Gasteiger partial charge in [-0.1, -0.05) is 31.6 Å². The summed E-state index contributed by atoms with van der Waals surface area (Å²) in [5, 5.41) is 10.1. The number of rotatable bonds is 15. The van der Waals surface area contributed by atoms with E-state index in [0.717, 1.165) is 24.0 Å². The minimum absolute atomic E-state index is 0.0651. The molecule has 0 radical (unpaired) electrons. The second kappa shape index (κ2) is 17.4. The minimum atomic E-state index is -0.743. The quantitative estimate of drug-likeness (QED) is 0.226. The monoisotopic (exact) mass is 615 g/mol. The van der Waals surface area contributed by atoms with Gasteiger partial charge in [-0.25, -0.2) is 9.18 Å². The van der Waals surface area contributed by atoms with Crippen LogP contribution in [-0.2, 0) is 19.1 Å². The Morgan fingerprint density at radius 3 is 2.50 bits per heavy atom. The maximum atomic E-state index is 14.5. The van der Waals surface area contributed by atoms with E-state index in [4.69, 9.17) is 9.47 Å². The highest BCUT2D eigenvalue weighted by Gasteiger charge is 2.31. The van der Waals surface area contributed by atoms with Gasteiger partial charge in [0.25, 0.3) is 0 Å². The van der Waals surface area contributed by atoms with E-state index in [1.54, 1.807) is 4.90 Å². The molecule has 1 aromatic rings. The molecule has 2 aliphatic rings. The molecule has 2 heterocycles. The Morgan fingerprint density at radius 2 is 1.86 bits per heavy atom. The molecule has 0 aromatic heterocycles. The number of benzene rings is 1. The number of likely N-dealkylation sites (tertiary alicyclic amines) is 1. The number of halogens is 1. The minimum Gasteiger partial charge on any atom is -0.442 e. The number of ether oxygens (including phenoxy) is 2. The summed E-state index contributed by atoms with van der Waals surface area (Å²) in [5.74, 6) is -1.17. The first-order chi connectivity index (χ1) is 21.0. The summed E-state index contributed by atoms with van der Waals surface area (Å²) in [6.07, 6.45) is 7.35. The highest BCUT2D eigenvalue weighted by atomic mass is 19.1. The molecule has 3 rings (SSSR count). The largest absolute Gasteiger partial charge is 0.442 e. The fourth-order valence-corrected chi connectivity index (χ4v) is 5.81. The molecule has 2 saturated heterocycles. The van der Waals surface area contributed by atoms with Crippen molar-refractivity contribution in [3.8, 4) is 0 Å². The van der Waals surface area contributed by atoms with E-state index >= 15 is 0 Å². The zero-order valence-electron chi connectivity index (χ0n) is 26.9. The van der Waals surface area contributed by atoms with Crippen LogP contribution < -0.4 is 4.90 Å². The zero-order chi connectivity index (χ0) is 32.2. The van der Waals surface area contributed by atoms with Gasteiger partial charge in [0.15, 0.2) is 0 Å². The topological polar surface area (TPSA) is 99.6 Å². The van der Waals surface area contributed by atoms with Crippen molar-refractivity contribution in [2.24, 2.45) is 17.8 Å².